The van der Waals surface area contributed by atoms with Gasteiger partial charge in [0.15, 0.2) is 12.6 Å². The van der Waals surface area contributed by atoms with Crippen LogP contribution < -0.4 is 5.32 Å². The van der Waals surface area contributed by atoms with Crippen molar-refractivity contribution in [1.82, 2.24) is 5.32 Å². The van der Waals surface area contributed by atoms with Gasteiger partial charge in [0, 0.05) is 6.42 Å². The minimum Gasteiger partial charge on any atom is -0.394 e. The zero-order chi connectivity index (χ0) is 62.3. The maximum atomic E-state index is 13.2. The van der Waals surface area contributed by atoms with Crippen molar-refractivity contribution >= 4 is 5.91 Å². The number of aliphatic hydroxyl groups is 8. The molecule has 86 heavy (non-hydrogen) atoms. The Kier molecular flexibility index (Phi) is 48.7. The van der Waals surface area contributed by atoms with Crippen molar-refractivity contribution < 1.29 is 64.6 Å². The molecule has 482 valence electrons. The molecule has 0 aromatic rings. The van der Waals surface area contributed by atoms with Crippen LogP contribution in [0.15, 0.2) is 182 Å². The van der Waals surface area contributed by atoms with Crippen LogP contribution in [0.1, 0.15) is 168 Å². The van der Waals surface area contributed by atoms with Crippen LogP contribution in [0, 0.1) is 0 Å². The van der Waals surface area contributed by atoms with E-state index >= 15 is 0 Å². The zero-order valence-corrected chi connectivity index (χ0v) is 52.0. The number of nitrogens with one attached hydrogen (secondary N) is 1. The van der Waals surface area contributed by atoms with Crippen molar-refractivity contribution in [1.29, 1.82) is 0 Å². The number of allylic oxidation sites excluding steroid dienone is 29. The molecule has 0 aromatic carbocycles. The fraction of sp³-hybridized carbons (Fsp3) is 0.569. The van der Waals surface area contributed by atoms with E-state index in [1.165, 1.54) is 0 Å². The summed E-state index contributed by atoms with van der Waals surface area (Å²) >= 11 is 0. The van der Waals surface area contributed by atoms with Crippen LogP contribution in [0.4, 0.5) is 0 Å². The summed E-state index contributed by atoms with van der Waals surface area (Å²) in [5.74, 6) is -0.289. The molecule has 0 aliphatic carbocycles. The van der Waals surface area contributed by atoms with E-state index in [0.717, 1.165) is 135 Å². The molecule has 0 spiro atoms. The lowest BCUT2D eigenvalue weighted by Crippen LogP contribution is -2.65. The van der Waals surface area contributed by atoms with Crippen molar-refractivity contribution in [2.75, 3.05) is 19.8 Å². The summed E-state index contributed by atoms with van der Waals surface area (Å²) in [5.41, 5.74) is 0. The van der Waals surface area contributed by atoms with Crippen molar-refractivity contribution in [3.05, 3.63) is 182 Å². The SMILES string of the molecule is CC/C=C\C/C=C\C/C=C\C/C=C\C/C=C\C/C=C\C/C=C\C/C=C\C/C=C\C/C=C\C/C=C\C/C=C\CCCCCCC(=O)NC(COC1OC(CO)C(OC2OC(CO)C(O)C(O)C2O)C(O)C1O)C(O)/C=C/CC/C=C/CC/C=C/CCC. The second kappa shape index (κ2) is 54.3. The van der Waals surface area contributed by atoms with E-state index < -0.39 is 86.8 Å². The minimum absolute atomic E-state index is 0.227. The van der Waals surface area contributed by atoms with Crippen LogP contribution >= 0.6 is 0 Å². The standard InChI is InChI=1S/C72H111NO13/c1-3-5-7-9-11-13-15-16-17-18-19-20-21-22-23-24-25-26-27-28-29-30-31-32-33-34-35-36-37-38-39-40-41-42-43-44-46-48-50-52-54-56-64(77)73-60(61(76)55-53-51-49-47-45-14-12-10-8-6-4-2)59-83-71-69(82)67(80)70(63(58-75)85-71)86-72-68(81)66(79)65(78)62(57-74)84-72/h5,7-8,10-11,13,16-17,19-20,22-23,25-26,28-29,31-32,34-35,37-38,40-41,43-45,47,53,55,60-63,65-72,74-76,78-82H,3-4,6,9,12,14-15,18,21,24,27,30,33,36,39,42,46,48-52,54,56-59H2,1-2H3,(H,73,77)/b7-5-,10-8+,13-11-,17-16-,20-19-,23-22-,26-25-,29-28-,32-31-,35-34-,38-37-,41-40-,44-43-,47-45+,55-53+. The van der Waals surface area contributed by atoms with E-state index in [9.17, 15) is 45.6 Å². The van der Waals surface area contributed by atoms with Gasteiger partial charge in [-0.25, -0.2) is 0 Å². The van der Waals surface area contributed by atoms with Gasteiger partial charge < -0.3 is 65.1 Å². The Morgan fingerprint density at radius 1 is 0.430 bits per heavy atom. The highest BCUT2D eigenvalue weighted by Gasteiger charge is 2.51. The van der Waals surface area contributed by atoms with Crippen molar-refractivity contribution in [2.45, 2.75) is 242 Å². The highest BCUT2D eigenvalue weighted by atomic mass is 16.7. The molecule has 0 radical (unpaired) electrons. The van der Waals surface area contributed by atoms with E-state index in [2.05, 4.69) is 189 Å². The van der Waals surface area contributed by atoms with Crippen LogP contribution in [-0.2, 0) is 23.7 Å². The lowest BCUT2D eigenvalue weighted by atomic mass is 9.97. The number of carbonyl (C=O) groups excluding carboxylic acids is 1. The maximum absolute atomic E-state index is 13.2. The largest absolute Gasteiger partial charge is 0.394 e. The van der Waals surface area contributed by atoms with E-state index in [-0.39, 0.29) is 18.9 Å². The Hall–Kier alpha value is -4.91. The molecule has 12 atom stereocenters. The van der Waals surface area contributed by atoms with Gasteiger partial charge >= 0.3 is 0 Å². The molecule has 0 saturated carbocycles. The summed E-state index contributed by atoms with van der Waals surface area (Å²) in [7, 11) is 0. The molecule has 0 bridgehead atoms. The van der Waals surface area contributed by atoms with Gasteiger partial charge in [0.2, 0.25) is 5.91 Å². The van der Waals surface area contributed by atoms with Crippen molar-refractivity contribution in [2.24, 2.45) is 0 Å². The number of unbranched alkanes of at least 4 members (excludes halogenated alkanes) is 7. The van der Waals surface area contributed by atoms with Crippen LogP contribution in [0.2, 0.25) is 0 Å². The summed E-state index contributed by atoms with van der Waals surface area (Å²) in [6.07, 6.45) is 69.6. The Labute approximate surface area is 517 Å². The van der Waals surface area contributed by atoms with Crippen molar-refractivity contribution in [3.8, 4) is 0 Å². The Balaban J connectivity index is 1.65. The molecule has 2 fully saturated rings. The zero-order valence-electron chi connectivity index (χ0n) is 52.0. The summed E-state index contributed by atoms with van der Waals surface area (Å²) in [4.78, 5) is 13.2. The third kappa shape index (κ3) is 38.4. The van der Waals surface area contributed by atoms with Crippen LogP contribution in [0.5, 0.6) is 0 Å². The highest BCUT2D eigenvalue weighted by Crippen LogP contribution is 2.30. The van der Waals surface area contributed by atoms with Crippen LogP contribution in [0.25, 0.3) is 0 Å². The predicted octanol–water partition coefficient (Wildman–Crippen LogP) is 12.2. The molecule has 9 N–H and O–H groups in total. The lowest BCUT2D eigenvalue weighted by molar-refractivity contribution is -0.359. The van der Waals surface area contributed by atoms with Gasteiger partial charge in [0.1, 0.15) is 48.8 Å². The van der Waals surface area contributed by atoms with Gasteiger partial charge in [-0.2, -0.15) is 0 Å². The summed E-state index contributed by atoms with van der Waals surface area (Å²) < 4.78 is 22.7. The average Bonchev–Trinajstić information content (AvgIpc) is 1.60. The van der Waals surface area contributed by atoms with E-state index in [1.807, 2.05) is 6.08 Å². The highest BCUT2D eigenvalue weighted by molar-refractivity contribution is 5.76. The normalized spacial score (nSPS) is 24.7. The first-order valence-corrected chi connectivity index (χ1v) is 32.0. The summed E-state index contributed by atoms with van der Waals surface area (Å²) in [5, 5.41) is 86.9. The molecule has 2 aliphatic rings. The van der Waals surface area contributed by atoms with Gasteiger partial charge in [-0.3, -0.25) is 4.79 Å². The number of rotatable bonds is 48. The predicted molar refractivity (Wildman–Crippen MR) is 350 cm³/mol. The molecular formula is C72H111NO13. The number of amides is 1. The maximum Gasteiger partial charge on any atom is 0.220 e. The Morgan fingerprint density at radius 3 is 1.26 bits per heavy atom. The minimum atomic E-state index is -1.80. The monoisotopic (exact) mass is 1200 g/mol. The van der Waals surface area contributed by atoms with Gasteiger partial charge in [-0.15, -0.1) is 0 Å². The summed E-state index contributed by atoms with van der Waals surface area (Å²) in [6, 6.07) is -0.964. The number of carbonyl (C=O) groups is 1. The first-order chi connectivity index (χ1) is 42.1. The van der Waals surface area contributed by atoms with Gasteiger partial charge in [-0.1, -0.05) is 215 Å². The molecule has 2 aliphatic heterocycles. The molecule has 14 heteroatoms. The first-order valence-electron chi connectivity index (χ1n) is 32.0. The number of aliphatic hydroxyl groups excluding tert-OH is 8. The number of ether oxygens (including phenoxy) is 4. The fourth-order valence-corrected chi connectivity index (χ4v) is 8.96. The van der Waals surface area contributed by atoms with E-state index in [0.29, 0.717) is 12.8 Å². The first kappa shape index (κ1) is 77.2. The van der Waals surface area contributed by atoms with E-state index in [4.69, 9.17) is 18.9 Å². The van der Waals surface area contributed by atoms with Gasteiger partial charge in [0.05, 0.1) is 32.0 Å². The summed E-state index contributed by atoms with van der Waals surface area (Å²) in [6.45, 7) is 2.52. The molecule has 2 rings (SSSR count). The topological polar surface area (TPSA) is 228 Å². The second-order valence-corrected chi connectivity index (χ2v) is 21.4. The molecular weight excluding hydrogens is 1090 g/mol. The number of hydrogen-bond donors (Lipinski definition) is 9. The molecule has 2 saturated heterocycles. The van der Waals surface area contributed by atoms with Gasteiger partial charge in [-0.05, 0) is 128 Å². The Bertz CT molecular complexity index is 2140. The van der Waals surface area contributed by atoms with Crippen molar-refractivity contribution in [3.63, 3.8) is 0 Å². The van der Waals surface area contributed by atoms with Gasteiger partial charge in [0.25, 0.3) is 0 Å². The number of hydrogen-bond acceptors (Lipinski definition) is 13. The molecule has 1 amide bonds. The Morgan fingerprint density at radius 2 is 0.814 bits per heavy atom. The quantitative estimate of drug-likeness (QED) is 0.0204. The third-order valence-electron chi connectivity index (χ3n) is 14.0. The molecule has 0 aromatic heterocycles. The second-order valence-electron chi connectivity index (χ2n) is 21.4. The lowest BCUT2D eigenvalue weighted by Gasteiger charge is -2.46. The smallest absolute Gasteiger partial charge is 0.220 e. The van der Waals surface area contributed by atoms with Crippen LogP contribution in [-0.4, -0.2) is 140 Å². The van der Waals surface area contributed by atoms with E-state index in [1.54, 1.807) is 6.08 Å². The average molecular weight is 1200 g/mol. The molecule has 2 heterocycles. The molecule has 14 nitrogen and oxygen atoms in total. The van der Waals surface area contributed by atoms with Crippen LogP contribution in [0.3, 0.4) is 0 Å². The third-order valence-corrected chi connectivity index (χ3v) is 14.0. The molecule has 12 unspecified atom stereocenters. The fourth-order valence-electron chi connectivity index (χ4n) is 8.96.